The van der Waals surface area contributed by atoms with Gasteiger partial charge in [0.15, 0.2) is 0 Å². The molecule has 0 spiro atoms. The molecule has 3 N–H and O–H groups in total. The van der Waals surface area contributed by atoms with Crippen molar-refractivity contribution in [1.82, 2.24) is 5.32 Å². The fourth-order valence-corrected chi connectivity index (χ4v) is 1.12. The van der Waals surface area contributed by atoms with Crippen LogP contribution in [0.2, 0.25) is 0 Å². The molecule has 82 valence electrons. The number of carboxylic acid groups (broad SMARTS) is 1. The number of hydrogen-bond acceptors (Lipinski definition) is 3. The molecule has 0 aromatic heterocycles. The van der Waals surface area contributed by atoms with Crippen LogP contribution in [0.1, 0.15) is 33.1 Å². The highest BCUT2D eigenvalue weighted by molar-refractivity contribution is 5.93. The Bertz CT molecular complexity index is 213. The van der Waals surface area contributed by atoms with Gasteiger partial charge in [0, 0.05) is 6.54 Å². The van der Waals surface area contributed by atoms with E-state index in [2.05, 4.69) is 5.32 Å². The lowest BCUT2D eigenvalue weighted by Crippen LogP contribution is -2.41. The molecule has 0 bridgehead atoms. The smallest absolute Gasteiger partial charge is 0.312 e. The largest absolute Gasteiger partial charge is 0.481 e. The van der Waals surface area contributed by atoms with Gasteiger partial charge in [-0.1, -0.05) is 13.3 Å². The minimum absolute atomic E-state index is 0.0902. The molecule has 1 amide bonds. The van der Waals surface area contributed by atoms with Crippen LogP contribution in [-0.4, -0.2) is 34.2 Å². The van der Waals surface area contributed by atoms with Crippen molar-refractivity contribution in [2.24, 2.45) is 0 Å². The van der Waals surface area contributed by atoms with Crippen molar-refractivity contribution in [2.75, 3.05) is 6.54 Å². The van der Waals surface area contributed by atoms with Crippen LogP contribution in [0.3, 0.4) is 0 Å². The monoisotopic (exact) mass is 203 g/mol. The molecule has 0 aliphatic heterocycles. The molecular formula is C9H17NO4. The molecule has 0 aromatic carbocycles. The SMILES string of the molecule is CCCC(C)(O)CNC(=O)CC(=O)O. The predicted molar refractivity (Wildman–Crippen MR) is 50.8 cm³/mol. The Morgan fingerprint density at radius 3 is 2.43 bits per heavy atom. The summed E-state index contributed by atoms with van der Waals surface area (Å²) in [5, 5.41) is 20.3. The second-order valence-electron chi connectivity index (χ2n) is 3.59. The fourth-order valence-electron chi connectivity index (χ4n) is 1.12. The Labute approximate surface area is 83.1 Å². The van der Waals surface area contributed by atoms with Crippen molar-refractivity contribution in [3.63, 3.8) is 0 Å². The first kappa shape index (κ1) is 12.9. The van der Waals surface area contributed by atoms with Crippen molar-refractivity contribution >= 4 is 11.9 Å². The maximum Gasteiger partial charge on any atom is 0.312 e. The molecular weight excluding hydrogens is 186 g/mol. The average molecular weight is 203 g/mol. The van der Waals surface area contributed by atoms with Gasteiger partial charge < -0.3 is 15.5 Å². The van der Waals surface area contributed by atoms with Crippen LogP contribution in [0.15, 0.2) is 0 Å². The molecule has 14 heavy (non-hydrogen) atoms. The summed E-state index contributed by atoms with van der Waals surface area (Å²) in [5.74, 6) is -1.74. The van der Waals surface area contributed by atoms with Crippen LogP contribution in [-0.2, 0) is 9.59 Å². The van der Waals surface area contributed by atoms with Gasteiger partial charge in [-0.15, -0.1) is 0 Å². The third-order valence-corrected chi connectivity index (χ3v) is 1.77. The van der Waals surface area contributed by atoms with Gasteiger partial charge in [-0.2, -0.15) is 0 Å². The van der Waals surface area contributed by atoms with Crippen LogP contribution < -0.4 is 5.32 Å². The Morgan fingerprint density at radius 2 is 2.00 bits per heavy atom. The molecule has 5 nitrogen and oxygen atoms in total. The average Bonchev–Trinajstić information content (AvgIpc) is 2.00. The van der Waals surface area contributed by atoms with Crippen molar-refractivity contribution in [1.29, 1.82) is 0 Å². The topological polar surface area (TPSA) is 86.6 Å². The molecule has 0 fully saturated rings. The zero-order chi connectivity index (χ0) is 11.2. The van der Waals surface area contributed by atoms with E-state index in [1.807, 2.05) is 6.92 Å². The van der Waals surface area contributed by atoms with E-state index in [-0.39, 0.29) is 6.54 Å². The van der Waals surface area contributed by atoms with Gasteiger partial charge in [-0.25, -0.2) is 0 Å². The summed E-state index contributed by atoms with van der Waals surface area (Å²) in [6.07, 6.45) is 0.824. The lowest BCUT2D eigenvalue weighted by molar-refractivity contribution is -0.141. The molecule has 1 unspecified atom stereocenters. The fraction of sp³-hybridized carbons (Fsp3) is 0.778. The molecule has 0 aliphatic carbocycles. The van der Waals surface area contributed by atoms with Gasteiger partial charge in [-0.3, -0.25) is 9.59 Å². The molecule has 0 rings (SSSR count). The van der Waals surface area contributed by atoms with E-state index < -0.39 is 23.9 Å². The van der Waals surface area contributed by atoms with E-state index in [4.69, 9.17) is 5.11 Å². The second-order valence-corrected chi connectivity index (χ2v) is 3.59. The van der Waals surface area contributed by atoms with Crippen molar-refractivity contribution in [3.8, 4) is 0 Å². The van der Waals surface area contributed by atoms with Crippen molar-refractivity contribution in [2.45, 2.75) is 38.7 Å². The number of carboxylic acids is 1. The highest BCUT2D eigenvalue weighted by Crippen LogP contribution is 2.09. The summed E-state index contributed by atoms with van der Waals surface area (Å²) in [6, 6.07) is 0. The minimum Gasteiger partial charge on any atom is -0.481 e. The Morgan fingerprint density at radius 1 is 1.43 bits per heavy atom. The minimum atomic E-state index is -1.17. The van der Waals surface area contributed by atoms with Crippen LogP contribution in [0.4, 0.5) is 0 Å². The predicted octanol–water partition coefficient (Wildman–Crippen LogP) is 0.128. The summed E-state index contributed by atoms with van der Waals surface area (Å²) in [7, 11) is 0. The van der Waals surface area contributed by atoms with Crippen molar-refractivity contribution < 1.29 is 19.8 Å². The maximum absolute atomic E-state index is 10.9. The standard InChI is InChI=1S/C9H17NO4/c1-3-4-9(2,14)6-10-7(11)5-8(12)13/h14H,3-6H2,1-2H3,(H,10,11)(H,12,13). The van der Waals surface area contributed by atoms with Gasteiger partial charge in [0.1, 0.15) is 6.42 Å². The Hall–Kier alpha value is -1.10. The first-order valence-corrected chi connectivity index (χ1v) is 4.58. The molecule has 0 heterocycles. The number of nitrogens with one attached hydrogen (secondary N) is 1. The zero-order valence-electron chi connectivity index (χ0n) is 8.54. The summed E-state index contributed by atoms with van der Waals surface area (Å²) in [6.45, 7) is 3.62. The van der Waals surface area contributed by atoms with E-state index in [0.717, 1.165) is 6.42 Å². The van der Waals surface area contributed by atoms with E-state index >= 15 is 0 Å². The first-order valence-electron chi connectivity index (χ1n) is 4.58. The summed E-state index contributed by atoms with van der Waals surface area (Å²) >= 11 is 0. The number of aliphatic hydroxyl groups is 1. The molecule has 0 aromatic rings. The maximum atomic E-state index is 10.9. The van der Waals surface area contributed by atoms with Crippen LogP contribution in [0.25, 0.3) is 0 Å². The molecule has 0 aliphatic rings. The van der Waals surface area contributed by atoms with Crippen LogP contribution >= 0.6 is 0 Å². The number of amides is 1. The first-order chi connectivity index (χ1) is 6.37. The number of carbonyl (C=O) groups excluding carboxylic acids is 1. The normalized spacial score (nSPS) is 14.5. The third-order valence-electron chi connectivity index (χ3n) is 1.77. The lowest BCUT2D eigenvalue weighted by atomic mass is 10.0. The molecule has 0 saturated heterocycles. The third kappa shape index (κ3) is 6.42. The zero-order valence-corrected chi connectivity index (χ0v) is 8.54. The van der Waals surface area contributed by atoms with Crippen molar-refractivity contribution in [3.05, 3.63) is 0 Å². The Kier molecular flexibility index (Phi) is 5.15. The van der Waals surface area contributed by atoms with E-state index in [0.29, 0.717) is 6.42 Å². The van der Waals surface area contributed by atoms with Gasteiger partial charge in [0.05, 0.1) is 5.60 Å². The molecule has 1 atom stereocenters. The number of rotatable bonds is 6. The number of aliphatic carboxylic acids is 1. The highest BCUT2D eigenvalue weighted by Gasteiger charge is 2.20. The van der Waals surface area contributed by atoms with E-state index in [1.54, 1.807) is 6.92 Å². The van der Waals surface area contributed by atoms with Gasteiger partial charge in [0.25, 0.3) is 0 Å². The molecule has 0 saturated carbocycles. The summed E-state index contributed by atoms with van der Waals surface area (Å²) < 4.78 is 0. The highest BCUT2D eigenvalue weighted by atomic mass is 16.4. The van der Waals surface area contributed by atoms with Gasteiger partial charge in [0.2, 0.25) is 5.91 Å². The molecule has 5 heteroatoms. The van der Waals surface area contributed by atoms with Crippen LogP contribution in [0, 0.1) is 0 Å². The summed E-state index contributed by atoms with van der Waals surface area (Å²) in [5.41, 5.74) is -0.955. The quantitative estimate of drug-likeness (QED) is 0.535. The van der Waals surface area contributed by atoms with E-state index in [1.165, 1.54) is 0 Å². The number of carbonyl (C=O) groups is 2. The van der Waals surface area contributed by atoms with Gasteiger partial charge >= 0.3 is 5.97 Å². The van der Waals surface area contributed by atoms with Crippen LogP contribution in [0.5, 0.6) is 0 Å². The Balaban J connectivity index is 3.81. The number of hydrogen-bond donors (Lipinski definition) is 3. The second kappa shape index (κ2) is 5.59. The lowest BCUT2D eigenvalue weighted by Gasteiger charge is -2.22. The molecule has 0 radical (unpaired) electrons. The van der Waals surface area contributed by atoms with Gasteiger partial charge in [-0.05, 0) is 13.3 Å². The summed E-state index contributed by atoms with van der Waals surface area (Å²) in [4.78, 5) is 21.0. The van der Waals surface area contributed by atoms with E-state index in [9.17, 15) is 14.7 Å².